The van der Waals surface area contributed by atoms with Crippen molar-refractivity contribution in [3.8, 4) is 0 Å². The van der Waals surface area contributed by atoms with E-state index in [9.17, 15) is 9.90 Å². The molecule has 2 aliphatic rings. The first kappa shape index (κ1) is 17.8. The van der Waals surface area contributed by atoms with Crippen molar-refractivity contribution in [3.63, 3.8) is 0 Å². The average Bonchev–Trinajstić information content (AvgIpc) is 3.42. The molecule has 4 rings (SSSR count). The molecule has 0 radical (unpaired) electrons. The predicted molar refractivity (Wildman–Crippen MR) is 95.1 cm³/mol. The Morgan fingerprint density at radius 3 is 2.69 bits per heavy atom. The van der Waals surface area contributed by atoms with Crippen LogP contribution >= 0.6 is 11.8 Å². The van der Waals surface area contributed by atoms with E-state index >= 15 is 0 Å². The molecule has 2 aliphatic heterocycles. The zero-order valence-electron chi connectivity index (χ0n) is 14.2. The fourth-order valence-corrected chi connectivity index (χ4v) is 4.84. The van der Waals surface area contributed by atoms with Crippen molar-refractivity contribution in [3.05, 3.63) is 48.3 Å². The molecule has 3 N–H and O–H groups in total. The number of furan rings is 2. The topological polar surface area (TPSA) is 96.9 Å². The summed E-state index contributed by atoms with van der Waals surface area (Å²) in [5.74, 6) is 1.37. The molecule has 2 aromatic rings. The van der Waals surface area contributed by atoms with Crippen LogP contribution in [0.2, 0.25) is 0 Å². The maximum absolute atomic E-state index is 13.1. The molecule has 0 saturated carbocycles. The lowest BCUT2D eigenvalue weighted by molar-refractivity contribution is -0.125. The van der Waals surface area contributed by atoms with E-state index in [0.29, 0.717) is 19.0 Å². The Labute approximate surface area is 155 Å². The Bertz CT molecular complexity index is 699. The first-order valence-corrected chi connectivity index (χ1v) is 9.70. The number of Topliss-reactive ketones (excluding diaryl/α,β-unsaturated/α-hetero) is 1. The van der Waals surface area contributed by atoms with Gasteiger partial charge in [0.15, 0.2) is 12.0 Å². The highest BCUT2D eigenvalue weighted by Crippen LogP contribution is 2.39. The molecule has 26 heavy (non-hydrogen) atoms. The Hall–Kier alpha value is -1.58. The predicted octanol–water partition coefficient (Wildman–Crippen LogP) is 2.18. The van der Waals surface area contributed by atoms with E-state index in [0.717, 1.165) is 18.6 Å². The van der Waals surface area contributed by atoms with Crippen LogP contribution in [0.4, 0.5) is 0 Å². The summed E-state index contributed by atoms with van der Waals surface area (Å²) >= 11 is 1.47. The van der Waals surface area contributed by atoms with Gasteiger partial charge >= 0.3 is 0 Å². The lowest BCUT2D eigenvalue weighted by Gasteiger charge is -2.25. The van der Waals surface area contributed by atoms with Gasteiger partial charge in [0.25, 0.3) is 0 Å². The van der Waals surface area contributed by atoms with Gasteiger partial charge in [-0.15, -0.1) is 11.8 Å². The highest BCUT2D eigenvalue weighted by Gasteiger charge is 2.44. The van der Waals surface area contributed by atoms with Crippen molar-refractivity contribution >= 4 is 17.5 Å². The maximum Gasteiger partial charge on any atom is 0.165 e. The third-order valence-electron chi connectivity index (χ3n) is 4.79. The number of ether oxygens (including phenoxy) is 1. The quantitative estimate of drug-likeness (QED) is 0.658. The van der Waals surface area contributed by atoms with Crippen molar-refractivity contribution in [2.45, 2.75) is 35.9 Å². The second-order valence-electron chi connectivity index (χ2n) is 6.47. The highest BCUT2D eigenvalue weighted by molar-refractivity contribution is 8.01. The molecule has 4 heterocycles. The Morgan fingerprint density at radius 1 is 1.23 bits per heavy atom. The molecule has 2 saturated heterocycles. The molecule has 8 heteroatoms. The van der Waals surface area contributed by atoms with Crippen molar-refractivity contribution < 1.29 is 23.5 Å². The fraction of sp³-hybridized carbons (Fsp3) is 0.500. The lowest BCUT2D eigenvalue weighted by atomic mass is 9.90. The normalized spacial score (nSPS) is 28.3. The highest BCUT2D eigenvalue weighted by atomic mass is 32.2. The van der Waals surface area contributed by atoms with E-state index in [4.69, 9.17) is 13.6 Å². The molecule has 0 aromatic carbocycles. The zero-order chi connectivity index (χ0) is 17.9. The van der Waals surface area contributed by atoms with Crippen LogP contribution in [0.5, 0.6) is 0 Å². The van der Waals surface area contributed by atoms with E-state index in [1.54, 1.807) is 18.4 Å². The van der Waals surface area contributed by atoms with Crippen LogP contribution in [-0.4, -0.2) is 34.9 Å². The van der Waals surface area contributed by atoms with Gasteiger partial charge in [0, 0.05) is 19.1 Å². The number of hydrogen-bond acceptors (Lipinski definition) is 8. The molecule has 0 spiro atoms. The number of thioether (sulfide) groups is 1. The van der Waals surface area contributed by atoms with E-state index in [-0.39, 0.29) is 28.5 Å². The molecule has 4 unspecified atom stereocenters. The molecule has 0 bridgehead atoms. The van der Waals surface area contributed by atoms with Crippen LogP contribution in [0, 0.1) is 5.92 Å². The Balaban J connectivity index is 1.48. The van der Waals surface area contributed by atoms with Gasteiger partial charge in [0.2, 0.25) is 0 Å². The number of aliphatic hydroxyl groups excluding tert-OH is 1. The Kier molecular flexibility index (Phi) is 5.46. The minimum Gasteiger partial charge on any atom is -0.468 e. The third-order valence-corrected chi connectivity index (χ3v) is 6.13. The standard InChI is InChI=1S/C18H22N2O5S/c21-15(11-5-9-23-10-6-11)16-14(12-3-1-7-24-12)19-18(26-16)20-17(22)13-4-2-8-25-13/h1-4,7-8,11,14,16-20,22H,5-6,9-10H2. The largest absolute Gasteiger partial charge is 0.468 e. The Morgan fingerprint density at radius 2 is 2.00 bits per heavy atom. The summed E-state index contributed by atoms with van der Waals surface area (Å²) in [7, 11) is 0. The number of aliphatic hydroxyl groups is 1. The van der Waals surface area contributed by atoms with Crippen LogP contribution in [0.15, 0.2) is 45.6 Å². The summed E-state index contributed by atoms with van der Waals surface area (Å²) < 4.78 is 16.2. The molecular formula is C18H22N2O5S. The van der Waals surface area contributed by atoms with E-state index < -0.39 is 6.23 Å². The first-order chi connectivity index (χ1) is 12.7. The number of carbonyl (C=O) groups is 1. The van der Waals surface area contributed by atoms with Gasteiger partial charge in [0.1, 0.15) is 17.0 Å². The summed E-state index contributed by atoms with van der Waals surface area (Å²) in [6.45, 7) is 1.26. The second-order valence-corrected chi connectivity index (χ2v) is 7.72. The van der Waals surface area contributed by atoms with Gasteiger partial charge in [-0.1, -0.05) is 0 Å². The monoisotopic (exact) mass is 378 g/mol. The molecule has 2 aromatic heterocycles. The summed E-state index contributed by atoms with van der Waals surface area (Å²) in [6.07, 6.45) is 3.68. The van der Waals surface area contributed by atoms with Gasteiger partial charge in [-0.3, -0.25) is 15.4 Å². The van der Waals surface area contributed by atoms with Crippen LogP contribution in [0.3, 0.4) is 0 Å². The first-order valence-electron chi connectivity index (χ1n) is 8.76. The lowest BCUT2D eigenvalue weighted by Crippen LogP contribution is -2.39. The molecular weight excluding hydrogens is 356 g/mol. The van der Waals surface area contributed by atoms with Crippen LogP contribution in [0.25, 0.3) is 0 Å². The second kappa shape index (κ2) is 7.98. The minimum atomic E-state index is -0.954. The number of nitrogens with one attached hydrogen (secondary N) is 2. The summed E-state index contributed by atoms with van der Waals surface area (Å²) in [5.41, 5.74) is -0.306. The fourth-order valence-electron chi connectivity index (χ4n) is 3.42. The smallest absolute Gasteiger partial charge is 0.165 e. The summed E-state index contributed by atoms with van der Waals surface area (Å²) in [4.78, 5) is 13.1. The molecule has 7 nitrogen and oxygen atoms in total. The molecule has 0 amide bonds. The number of rotatable bonds is 6. The van der Waals surface area contributed by atoms with Crippen LogP contribution in [-0.2, 0) is 9.53 Å². The van der Waals surface area contributed by atoms with Gasteiger partial charge in [-0.25, -0.2) is 0 Å². The number of carbonyl (C=O) groups excluding carboxylic acids is 1. The van der Waals surface area contributed by atoms with Crippen molar-refractivity contribution in [2.24, 2.45) is 5.92 Å². The summed E-state index contributed by atoms with van der Waals surface area (Å²) in [6, 6.07) is 6.86. The van der Waals surface area contributed by atoms with E-state index in [1.807, 2.05) is 12.1 Å². The van der Waals surface area contributed by atoms with E-state index in [2.05, 4.69) is 10.6 Å². The molecule has 2 fully saturated rings. The van der Waals surface area contributed by atoms with Crippen molar-refractivity contribution in [2.75, 3.05) is 13.2 Å². The maximum atomic E-state index is 13.1. The third kappa shape index (κ3) is 3.74. The van der Waals surface area contributed by atoms with Crippen molar-refractivity contribution in [1.29, 1.82) is 0 Å². The van der Waals surface area contributed by atoms with Crippen molar-refractivity contribution in [1.82, 2.24) is 10.6 Å². The number of ketones is 1. The molecule has 4 atom stereocenters. The zero-order valence-corrected chi connectivity index (χ0v) is 15.0. The van der Waals surface area contributed by atoms with Crippen LogP contribution in [0.1, 0.15) is 36.6 Å². The number of hydrogen-bond donors (Lipinski definition) is 3. The van der Waals surface area contributed by atoms with Gasteiger partial charge in [-0.05, 0) is 37.1 Å². The van der Waals surface area contributed by atoms with Gasteiger partial charge < -0.3 is 18.7 Å². The summed E-state index contributed by atoms with van der Waals surface area (Å²) in [5, 5.41) is 16.4. The van der Waals surface area contributed by atoms with Crippen LogP contribution < -0.4 is 10.6 Å². The van der Waals surface area contributed by atoms with Gasteiger partial charge in [-0.2, -0.15) is 0 Å². The SMILES string of the molecule is O=C(C1CCOCC1)C1SC(NC(O)c2ccco2)NC1c1ccco1. The van der Waals surface area contributed by atoms with E-state index in [1.165, 1.54) is 18.0 Å². The molecule has 0 aliphatic carbocycles. The average molecular weight is 378 g/mol. The minimum absolute atomic E-state index is 0.00857. The molecule has 140 valence electrons. The van der Waals surface area contributed by atoms with Gasteiger partial charge in [0.05, 0.1) is 23.8 Å².